The Kier molecular flexibility index (Phi) is 4.11. The SMILES string of the molecule is Cn1cc(C(=O)NCc2ccccc2-n2ccnc2)c(=O)[nH]c1=O. The quantitative estimate of drug-likeness (QED) is 0.715. The smallest absolute Gasteiger partial charge is 0.328 e. The second-order valence-corrected chi connectivity index (χ2v) is 5.19. The standard InChI is InChI=1S/C16H15N5O3/c1-20-9-12(15(23)19-16(20)24)14(22)18-8-11-4-2-3-5-13(11)21-7-6-17-10-21/h2-7,9-10H,8H2,1H3,(H,18,22)(H,19,23,24). The number of carbonyl (C=O) groups excluding carboxylic acids is 1. The Morgan fingerprint density at radius 3 is 2.83 bits per heavy atom. The zero-order valence-electron chi connectivity index (χ0n) is 12.9. The number of aromatic amines is 1. The fourth-order valence-corrected chi connectivity index (χ4v) is 2.31. The summed E-state index contributed by atoms with van der Waals surface area (Å²) in [6.07, 6.45) is 6.36. The molecule has 2 aromatic heterocycles. The van der Waals surface area contributed by atoms with E-state index in [2.05, 4.69) is 15.3 Å². The number of aromatic nitrogens is 4. The van der Waals surface area contributed by atoms with E-state index in [9.17, 15) is 14.4 Å². The molecule has 24 heavy (non-hydrogen) atoms. The highest BCUT2D eigenvalue weighted by atomic mass is 16.2. The molecule has 0 bridgehead atoms. The molecule has 2 heterocycles. The lowest BCUT2D eigenvalue weighted by atomic mass is 10.1. The number of para-hydroxylation sites is 1. The molecule has 1 amide bonds. The Morgan fingerprint density at radius 2 is 2.08 bits per heavy atom. The van der Waals surface area contributed by atoms with Crippen LogP contribution in [0.5, 0.6) is 0 Å². The molecule has 0 radical (unpaired) electrons. The number of nitrogens with zero attached hydrogens (tertiary/aromatic N) is 3. The van der Waals surface area contributed by atoms with Crippen LogP contribution in [0.1, 0.15) is 15.9 Å². The predicted molar refractivity (Wildman–Crippen MR) is 87.0 cm³/mol. The van der Waals surface area contributed by atoms with Crippen molar-refractivity contribution in [3.05, 3.63) is 81.1 Å². The van der Waals surface area contributed by atoms with Gasteiger partial charge in [0.25, 0.3) is 11.5 Å². The van der Waals surface area contributed by atoms with E-state index in [-0.39, 0.29) is 12.1 Å². The number of imidazole rings is 1. The zero-order chi connectivity index (χ0) is 17.1. The summed E-state index contributed by atoms with van der Waals surface area (Å²) in [5.41, 5.74) is 0.354. The van der Waals surface area contributed by atoms with E-state index >= 15 is 0 Å². The van der Waals surface area contributed by atoms with Gasteiger partial charge in [-0.05, 0) is 11.6 Å². The van der Waals surface area contributed by atoms with Gasteiger partial charge in [-0.25, -0.2) is 9.78 Å². The van der Waals surface area contributed by atoms with Gasteiger partial charge in [0.1, 0.15) is 5.56 Å². The molecule has 0 fully saturated rings. The van der Waals surface area contributed by atoms with Gasteiger partial charge in [0, 0.05) is 32.2 Å². The van der Waals surface area contributed by atoms with Crippen LogP contribution in [0.15, 0.2) is 58.8 Å². The minimum absolute atomic E-state index is 0.114. The summed E-state index contributed by atoms with van der Waals surface area (Å²) in [6, 6.07) is 7.53. The van der Waals surface area contributed by atoms with Gasteiger partial charge in [0.15, 0.2) is 0 Å². The fraction of sp³-hybridized carbons (Fsp3) is 0.125. The summed E-state index contributed by atoms with van der Waals surface area (Å²) in [7, 11) is 1.46. The van der Waals surface area contributed by atoms with E-state index < -0.39 is 17.2 Å². The maximum Gasteiger partial charge on any atom is 0.328 e. The van der Waals surface area contributed by atoms with Crippen molar-refractivity contribution in [1.29, 1.82) is 0 Å². The van der Waals surface area contributed by atoms with Crippen LogP contribution in [0, 0.1) is 0 Å². The van der Waals surface area contributed by atoms with Crippen molar-refractivity contribution >= 4 is 5.91 Å². The number of benzene rings is 1. The van der Waals surface area contributed by atoms with Gasteiger partial charge in [-0.3, -0.25) is 14.6 Å². The Hall–Kier alpha value is -3.42. The predicted octanol–water partition coefficient (Wildman–Crippen LogP) is 0.189. The van der Waals surface area contributed by atoms with E-state index in [4.69, 9.17) is 0 Å². The van der Waals surface area contributed by atoms with Crippen molar-refractivity contribution in [2.75, 3.05) is 0 Å². The monoisotopic (exact) mass is 325 g/mol. The first-order chi connectivity index (χ1) is 11.6. The average Bonchev–Trinajstić information content (AvgIpc) is 3.10. The molecule has 2 N–H and O–H groups in total. The molecule has 0 aliphatic rings. The lowest BCUT2D eigenvalue weighted by Gasteiger charge is -2.11. The maximum absolute atomic E-state index is 12.2. The molecule has 3 rings (SSSR count). The number of amides is 1. The molecular weight excluding hydrogens is 310 g/mol. The number of carbonyl (C=O) groups is 1. The van der Waals surface area contributed by atoms with Gasteiger partial charge in [0.05, 0.1) is 12.0 Å². The van der Waals surface area contributed by atoms with E-state index in [1.807, 2.05) is 28.8 Å². The molecule has 122 valence electrons. The molecular formula is C16H15N5O3. The molecule has 0 atom stereocenters. The van der Waals surface area contributed by atoms with Crippen LogP contribution < -0.4 is 16.6 Å². The highest BCUT2D eigenvalue weighted by molar-refractivity contribution is 5.93. The van der Waals surface area contributed by atoms with Crippen LogP contribution in [0.3, 0.4) is 0 Å². The van der Waals surface area contributed by atoms with Gasteiger partial charge in [-0.2, -0.15) is 0 Å². The van der Waals surface area contributed by atoms with Crippen molar-refractivity contribution in [1.82, 2.24) is 24.4 Å². The zero-order valence-corrected chi connectivity index (χ0v) is 12.9. The second-order valence-electron chi connectivity index (χ2n) is 5.19. The van der Waals surface area contributed by atoms with Crippen LogP contribution >= 0.6 is 0 Å². The lowest BCUT2D eigenvalue weighted by molar-refractivity contribution is 0.0948. The topological polar surface area (TPSA) is 102 Å². The summed E-state index contributed by atoms with van der Waals surface area (Å²) in [5.74, 6) is -0.549. The van der Waals surface area contributed by atoms with E-state index in [0.717, 1.165) is 15.8 Å². The maximum atomic E-state index is 12.2. The summed E-state index contributed by atoms with van der Waals surface area (Å²) < 4.78 is 2.98. The molecule has 3 aromatic rings. The number of rotatable bonds is 4. The van der Waals surface area contributed by atoms with Gasteiger partial charge in [-0.15, -0.1) is 0 Å². The van der Waals surface area contributed by atoms with Crippen LogP contribution in [-0.2, 0) is 13.6 Å². The molecule has 1 aromatic carbocycles. The Labute approximate surface area is 136 Å². The number of aryl methyl sites for hydroxylation is 1. The van der Waals surface area contributed by atoms with E-state index in [1.54, 1.807) is 18.7 Å². The fourth-order valence-electron chi connectivity index (χ4n) is 2.31. The molecule has 0 aliphatic carbocycles. The molecule has 0 unspecified atom stereocenters. The minimum atomic E-state index is -0.710. The largest absolute Gasteiger partial charge is 0.348 e. The number of hydrogen-bond donors (Lipinski definition) is 2. The molecule has 0 spiro atoms. The van der Waals surface area contributed by atoms with Crippen molar-refractivity contribution in [2.24, 2.45) is 7.05 Å². The minimum Gasteiger partial charge on any atom is -0.348 e. The lowest BCUT2D eigenvalue weighted by Crippen LogP contribution is -2.36. The molecule has 0 saturated heterocycles. The van der Waals surface area contributed by atoms with Crippen LogP contribution in [0.2, 0.25) is 0 Å². The normalized spacial score (nSPS) is 10.5. The average molecular weight is 325 g/mol. The van der Waals surface area contributed by atoms with Gasteiger partial charge >= 0.3 is 5.69 Å². The summed E-state index contributed by atoms with van der Waals surface area (Å²) >= 11 is 0. The van der Waals surface area contributed by atoms with Crippen molar-refractivity contribution < 1.29 is 4.79 Å². The Morgan fingerprint density at radius 1 is 1.29 bits per heavy atom. The Balaban J connectivity index is 1.82. The van der Waals surface area contributed by atoms with Gasteiger partial charge in [0.2, 0.25) is 0 Å². The van der Waals surface area contributed by atoms with Crippen molar-refractivity contribution in [3.63, 3.8) is 0 Å². The first-order valence-electron chi connectivity index (χ1n) is 7.20. The molecule has 0 saturated carbocycles. The van der Waals surface area contributed by atoms with E-state index in [0.29, 0.717) is 0 Å². The first-order valence-corrected chi connectivity index (χ1v) is 7.20. The third-order valence-corrected chi connectivity index (χ3v) is 3.57. The van der Waals surface area contributed by atoms with Gasteiger partial charge < -0.3 is 14.5 Å². The molecule has 0 aliphatic heterocycles. The highest BCUT2D eigenvalue weighted by Gasteiger charge is 2.13. The van der Waals surface area contributed by atoms with E-state index in [1.165, 1.54) is 13.2 Å². The Bertz CT molecular complexity index is 985. The second kappa shape index (κ2) is 6.37. The third-order valence-electron chi connectivity index (χ3n) is 3.57. The number of nitrogens with one attached hydrogen (secondary N) is 2. The molecule has 8 nitrogen and oxygen atoms in total. The number of hydrogen-bond acceptors (Lipinski definition) is 4. The highest BCUT2D eigenvalue weighted by Crippen LogP contribution is 2.13. The van der Waals surface area contributed by atoms with Crippen LogP contribution in [-0.4, -0.2) is 25.0 Å². The van der Waals surface area contributed by atoms with Crippen LogP contribution in [0.4, 0.5) is 0 Å². The van der Waals surface area contributed by atoms with Crippen molar-refractivity contribution in [3.8, 4) is 5.69 Å². The summed E-state index contributed by atoms with van der Waals surface area (Å²) in [6.45, 7) is 0.232. The molecule has 8 heteroatoms. The van der Waals surface area contributed by atoms with Gasteiger partial charge in [-0.1, -0.05) is 18.2 Å². The number of H-pyrrole nitrogens is 1. The third kappa shape index (κ3) is 3.02. The first kappa shape index (κ1) is 15.5. The summed E-state index contributed by atoms with van der Waals surface area (Å²) in [5, 5.41) is 2.70. The summed E-state index contributed by atoms with van der Waals surface area (Å²) in [4.78, 5) is 41.4. The van der Waals surface area contributed by atoms with Crippen LogP contribution in [0.25, 0.3) is 5.69 Å². The van der Waals surface area contributed by atoms with Crippen molar-refractivity contribution in [2.45, 2.75) is 6.54 Å².